The van der Waals surface area contributed by atoms with E-state index in [1.165, 1.54) is 23.5 Å². The first-order chi connectivity index (χ1) is 11.5. The number of nitrogens with zero attached hydrogens (tertiary/aromatic N) is 4. The molecule has 0 radical (unpaired) electrons. The second kappa shape index (κ2) is 7.08. The van der Waals surface area contributed by atoms with Gasteiger partial charge in [-0.25, -0.2) is 23.1 Å². The van der Waals surface area contributed by atoms with Crippen molar-refractivity contribution in [2.75, 3.05) is 11.1 Å². The molecule has 0 unspecified atom stereocenters. The summed E-state index contributed by atoms with van der Waals surface area (Å²) in [7, 11) is -3.18. The van der Waals surface area contributed by atoms with Gasteiger partial charge in [0.05, 0.1) is 22.9 Å². The van der Waals surface area contributed by atoms with E-state index in [0.29, 0.717) is 11.5 Å². The van der Waals surface area contributed by atoms with E-state index in [-0.39, 0.29) is 23.3 Å². The lowest BCUT2D eigenvalue weighted by Crippen LogP contribution is -2.24. The molecular formula is C15H19N5O3S. The summed E-state index contributed by atoms with van der Waals surface area (Å²) in [5.41, 5.74) is 0.516. The average Bonchev–Trinajstić information content (AvgIpc) is 3.27. The first-order valence-electron chi connectivity index (χ1n) is 7.87. The molecule has 2 heterocycles. The fourth-order valence-electron chi connectivity index (χ4n) is 2.79. The van der Waals surface area contributed by atoms with Crippen molar-refractivity contribution in [1.29, 1.82) is 0 Å². The lowest BCUT2D eigenvalue weighted by molar-refractivity contribution is -0.115. The van der Waals surface area contributed by atoms with Gasteiger partial charge in [-0.3, -0.25) is 4.79 Å². The largest absolute Gasteiger partial charge is 0.325 e. The third kappa shape index (κ3) is 3.97. The van der Waals surface area contributed by atoms with Crippen LogP contribution in [0, 0.1) is 0 Å². The van der Waals surface area contributed by atoms with E-state index in [0.717, 1.165) is 25.7 Å². The molecule has 24 heavy (non-hydrogen) atoms. The van der Waals surface area contributed by atoms with Gasteiger partial charge < -0.3 is 5.32 Å². The van der Waals surface area contributed by atoms with Crippen LogP contribution < -0.4 is 5.32 Å². The summed E-state index contributed by atoms with van der Waals surface area (Å²) in [4.78, 5) is 20.0. The summed E-state index contributed by atoms with van der Waals surface area (Å²) in [6.45, 7) is 0. The fourth-order valence-corrected chi connectivity index (χ4v) is 4.65. The van der Waals surface area contributed by atoms with Gasteiger partial charge in [0.25, 0.3) is 0 Å². The summed E-state index contributed by atoms with van der Waals surface area (Å²) >= 11 is 0. The molecule has 1 N–H and O–H groups in total. The van der Waals surface area contributed by atoms with Crippen molar-refractivity contribution in [3.05, 3.63) is 31.0 Å². The Kier molecular flexibility index (Phi) is 4.89. The molecular weight excluding hydrogens is 330 g/mol. The summed E-state index contributed by atoms with van der Waals surface area (Å²) in [6.07, 6.45) is 7.75. The van der Waals surface area contributed by atoms with Crippen LogP contribution in [0.4, 0.5) is 5.69 Å². The molecule has 3 rings (SSSR count). The Labute approximate surface area is 140 Å². The molecule has 1 aliphatic rings. The van der Waals surface area contributed by atoms with E-state index in [1.807, 2.05) is 0 Å². The van der Waals surface area contributed by atoms with Crippen molar-refractivity contribution in [2.24, 2.45) is 0 Å². The highest BCUT2D eigenvalue weighted by Crippen LogP contribution is 2.25. The second-order valence-electron chi connectivity index (χ2n) is 5.82. The zero-order chi connectivity index (χ0) is 17.0. The number of carbonyl (C=O) groups is 1. The predicted octanol–water partition coefficient (Wildman–Crippen LogP) is 1.35. The Morgan fingerprint density at radius 3 is 2.71 bits per heavy atom. The number of hydrogen-bond acceptors (Lipinski definition) is 6. The normalized spacial score (nSPS) is 15.5. The van der Waals surface area contributed by atoms with Crippen molar-refractivity contribution >= 4 is 21.4 Å². The van der Waals surface area contributed by atoms with Crippen molar-refractivity contribution in [3.8, 4) is 5.82 Å². The van der Waals surface area contributed by atoms with Crippen molar-refractivity contribution < 1.29 is 13.2 Å². The lowest BCUT2D eigenvalue weighted by Gasteiger charge is -2.11. The van der Waals surface area contributed by atoms with Gasteiger partial charge in [-0.1, -0.05) is 12.8 Å². The molecule has 9 heteroatoms. The average molecular weight is 349 g/mol. The molecule has 8 nitrogen and oxygen atoms in total. The molecule has 2 aromatic rings. The number of carbonyl (C=O) groups excluding carboxylic acids is 1. The van der Waals surface area contributed by atoms with Gasteiger partial charge >= 0.3 is 0 Å². The number of aromatic nitrogens is 4. The van der Waals surface area contributed by atoms with Gasteiger partial charge in [-0.2, -0.15) is 5.10 Å². The topological polar surface area (TPSA) is 107 Å². The highest BCUT2D eigenvalue weighted by Gasteiger charge is 2.28. The monoisotopic (exact) mass is 349 g/mol. The molecule has 2 aromatic heterocycles. The minimum atomic E-state index is -3.18. The molecule has 0 bridgehead atoms. The van der Waals surface area contributed by atoms with Gasteiger partial charge in [-0.15, -0.1) is 0 Å². The van der Waals surface area contributed by atoms with Gasteiger partial charge in [0.1, 0.15) is 12.7 Å². The molecule has 0 aromatic carbocycles. The van der Waals surface area contributed by atoms with Crippen LogP contribution in [0.2, 0.25) is 0 Å². The quantitative estimate of drug-likeness (QED) is 0.843. The van der Waals surface area contributed by atoms with Crippen LogP contribution in [0.15, 0.2) is 31.0 Å². The van der Waals surface area contributed by atoms with Crippen molar-refractivity contribution in [1.82, 2.24) is 19.7 Å². The number of amides is 1. The summed E-state index contributed by atoms with van der Waals surface area (Å²) in [5, 5.41) is 6.36. The molecule has 0 aliphatic heterocycles. The fraction of sp³-hybridized carbons (Fsp3) is 0.467. The number of pyridine rings is 1. The highest BCUT2D eigenvalue weighted by molar-refractivity contribution is 7.92. The first kappa shape index (κ1) is 16.6. The SMILES string of the molecule is O=C(CCS(=O)(=O)C1CCCC1)Nc1ccc(-n2cncn2)nc1. The summed E-state index contributed by atoms with van der Waals surface area (Å²) < 4.78 is 25.8. The van der Waals surface area contributed by atoms with Gasteiger partial charge in [0.2, 0.25) is 5.91 Å². The van der Waals surface area contributed by atoms with Crippen LogP contribution in [-0.4, -0.2) is 45.1 Å². The molecule has 1 saturated carbocycles. The molecule has 0 saturated heterocycles. The summed E-state index contributed by atoms with van der Waals surface area (Å²) in [5.74, 6) is 0.148. The highest BCUT2D eigenvalue weighted by atomic mass is 32.2. The maximum atomic E-state index is 12.2. The van der Waals surface area contributed by atoms with Crippen LogP contribution in [0.1, 0.15) is 32.1 Å². The number of hydrogen-bond donors (Lipinski definition) is 1. The van der Waals surface area contributed by atoms with E-state index in [9.17, 15) is 13.2 Å². The number of rotatable bonds is 6. The van der Waals surface area contributed by atoms with Crippen LogP contribution in [0.25, 0.3) is 5.82 Å². The van der Waals surface area contributed by atoms with Crippen molar-refractivity contribution in [2.45, 2.75) is 37.4 Å². The van der Waals surface area contributed by atoms with E-state index in [4.69, 9.17) is 0 Å². The molecule has 0 atom stereocenters. The van der Waals surface area contributed by atoms with E-state index >= 15 is 0 Å². The number of sulfone groups is 1. The molecule has 1 amide bonds. The maximum absolute atomic E-state index is 12.2. The Morgan fingerprint density at radius 1 is 1.29 bits per heavy atom. The predicted molar refractivity (Wildman–Crippen MR) is 88.4 cm³/mol. The third-order valence-corrected chi connectivity index (χ3v) is 6.37. The van der Waals surface area contributed by atoms with E-state index < -0.39 is 9.84 Å². The van der Waals surface area contributed by atoms with Gasteiger partial charge in [0.15, 0.2) is 15.7 Å². The van der Waals surface area contributed by atoms with Crippen LogP contribution >= 0.6 is 0 Å². The van der Waals surface area contributed by atoms with E-state index in [2.05, 4.69) is 20.4 Å². The third-order valence-electron chi connectivity index (χ3n) is 4.11. The van der Waals surface area contributed by atoms with Crippen LogP contribution in [0.5, 0.6) is 0 Å². The molecule has 1 fully saturated rings. The Hall–Kier alpha value is -2.29. The van der Waals surface area contributed by atoms with Gasteiger partial charge in [0, 0.05) is 6.42 Å². The maximum Gasteiger partial charge on any atom is 0.225 e. The standard InChI is InChI=1S/C15H19N5O3S/c21-15(7-8-24(22,23)13-3-1-2-4-13)19-12-5-6-14(17-9-12)20-11-16-10-18-20/h5-6,9-11,13H,1-4,7-8H2,(H,19,21). The Morgan fingerprint density at radius 2 is 2.08 bits per heavy atom. The van der Waals surface area contributed by atoms with Gasteiger partial charge in [-0.05, 0) is 25.0 Å². The molecule has 0 spiro atoms. The molecule has 128 valence electrons. The molecule has 1 aliphatic carbocycles. The minimum absolute atomic E-state index is 0.0380. The summed E-state index contributed by atoms with van der Waals surface area (Å²) in [6, 6.07) is 3.38. The zero-order valence-electron chi connectivity index (χ0n) is 13.1. The smallest absolute Gasteiger partial charge is 0.225 e. The van der Waals surface area contributed by atoms with Crippen molar-refractivity contribution in [3.63, 3.8) is 0 Å². The lowest BCUT2D eigenvalue weighted by atomic mass is 10.3. The minimum Gasteiger partial charge on any atom is -0.325 e. The zero-order valence-corrected chi connectivity index (χ0v) is 13.9. The van der Waals surface area contributed by atoms with Crippen LogP contribution in [-0.2, 0) is 14.6 Å². The van der Waals surface area contributed by atoms with Crippen LogP contribution in [0.3, 0.4) is 0 Å². The number of anilines is 1. The van der Waals surface area contributed by atoms with E-state index in [1.54, 1.807) is 12.1 Å². The Bertz CT molecular complexity index is 781. The first-order valence-corrected chi connectivity index (χ1v) is 9.58. The Balaban J connectivity index is 1.53. The number of nitrogens with one attached hydrogen (secondary N) is 1. The second-order valence-corrected chi connectivity index (χ2v) is 8.22.